The minimum Gasteiger partial charge on any atom is -0.399 e. The van der Waals surface area contributed by atoms with Gasteiger partial charge in [0.25, 0.3) is 0 Å². The topological polar surface area (TPSA) is 45.4 Å². The molecule has 1 aromatic rings. The Morgan fingerprint density at radius 1 is 1.43 bits per heavy atom. The summed E-state index contributed by atoms with van der Waals surface area (Å²) in [5, 5.41) is 12.8. The van der Waals surface area contributed by atoms with Gasteiger partial charge in [0, 0.05) is 0 Å². The predicted molar refractivity (Wildman–Crippen MR) is 54.9 cm³/mol. The fraction of sp³-hybridized carbons (Fsp3) is 0.273. The number of oxime groups is 1. The molecule has 0 heterocycles. The van der Waals surface area contributed by atoms with Crippen LogP contribution in [0.25, 0.3) is 0 Å². The van der Waals surface area contributed by atoms with E-state index in [0.29, 0.717) is 5.71 Å². The van der Waals surface area contributed by atoms with Crippen molar-refractivity contribution in [1.82, 2.24) is 0 Å². The second-order valence-electron chi connectivity index (χ2n) is 2.89. The van der Waals surface area contributed by atoms with Gasteiger partial charge in [0.1, 0.15) is 13.0 Å². The van der Waals surface area contributed by atoms with Gasteiger partial charge < -0.3 is 4.84 Å². The van der Waals surface area contributed by atoms with Crippen LogP contribution < -0.4 is 0 Å². The second kappa shape index (κ2) is 5.03. The Balaban J connectivity index is 2.95. The van der Waals surface area contributed by atoms with Gasteiger partial charge in [-0.25, -0.2) is 0 Å². The summed E-state index contributed by atoms with van der Waals surface area (Å²) in [7, 11) is 1.48. The SMILES string of the molecule is CON=C(C)C(C#N)c1ccccc1. The van der Waals surface area contributed by atoms with E-state index < -0.39 is 0 Å². The van der Waals surface area contributed by atoms with Gasteiger partial charge in [0.05, 0.1) is 11.8 Å². The molecule has 1 unspecified atom stereocenters. The smallest absolute Gasteiger partial charge is 0.112 e. The van der Waals surface area contributed by atoms with Crippen LogP contribution in [0.15, 0.2) is 35.5 Å². The van der Waals surface area contributed by atoms with Gasteiger partial charge in [-0.1, -0.05) is 35.5 Å². The van der Waals surface area contributed by atoms with E-state index in [1.54, 1.807) is 6.92 Å². The summed E-state index contributed by atoms with van der Waals surface area (Å²) < 4.78 is 0. The number of rotatable bonds is 3. The van der Waals surface area contributed by atoms with Crippen LogP contribution in [-0.2, 0) is 4.84 Å². The summed E-state index contributed by atoms with van der Waals surface area (Å²) in [5.41, 5.74) is 1.61. The Hall–Kier alpha value is -1.82. The van der Waals surface area contributed by atoms with E-state index in [4.69, 9.17) is 5.26 Å². The average molecular weight is 188 g/mol. The first-order chi connectivity index (χ1) is 6.79. The molecule has 0 aliphatic carbocycles. The van der Waals surface area contributed by atoms with Crippen LogP contribution in [0.3, 0.4) is 0 Å². The van der Waals surface area contributed by atoms with E-state index in [2.05, 4.69) is 16.1 Å². The Labute approximate surface area is 83.6 Å². The molecule has 0 aliphatic heterocycles. The Kier molecular flexibility index (Phi) is 3.69. The minimum atomic E-state index is -0.323. The van der Waals surface area contributed by atoms with Crippen LogP contribution in [0.2, 0.25) is 0 Å². The summed E-state index contributed by atoms with van der Waals surface area (Å²) in [6, 6.07) is 11.7. The zero-order valence-electron chi connectivity index (χ0n) is 8.27. The van der Waals surface area contributed by atoms with Gasteiger partial charge in [-0.05, 0) is 12.5 Å². The van der Waals surface area contributed by atoms with Crippen molar-refractivity contribution >= 4 is 5.71 Å². The summed E-state index contributed by atoms with van der Waals surface area (Å²) in [5.74, 6) is -0.323. The van der Waals surface area contributed by atoms with Crippen LogP contribution in [0.4, 0.5) is 0 Å². The number of benzene rings is 1. The number of nitrogens with zero attached hydrogens (tertiary/aromatic N) is 2. The van der Waals surface area contributed by atoms with Gasteiger partial charge in [0.15, 0.2) is 0 Å². The van der Waals surface area contributed by atoms with E-state index in [1.165, 1.54) is 7.11 Å². The summed E-state index contributed by atoms with van der Waals surface area (Å²) in [4.78, 5) is 4.64. The quantitative estimate of drug-likeness (QED) is 0.539. The standard InChI is InChI=1S/C11H12N2O/c1-9(13-14-2)11(8-12)10-6-4-3-5-7-10/h3-7,11H,1-2H3. The predicted octanol–water partition coefficient (Wildman–Crippen LogP) is 2.32. The zero-order chi connectivity index (χ0) is 10.4. The maximum Gasteiger partial charge on any atom is 0.112 e. The minimum absolute atomic E-state index is 0.323. The third kappa shape index (κ3) is 2.33. The third-order valence-corrected chi connectivity index (χ3v) is 1.92. The number of nitriles is 1. The molecule has 0 N–H and O–H groups in total. The summed E-state index contributed by atoms with van der Waals surface area (Å²) in [6.07, 6.45) is 0. The lowest BCUT2D eigenvalue weighted by Crippen LogP contribution is -2.07. The zero-order valence-corrected chi connectivity index (χ0v) is 8.27. The highest BCUT2D eigenvalue weighted by atomic mass is 16.6. The molecular formula is C11H12N2O. The lowest BCUT2D eigenvalue weighted by molar-refractivity contribution is 0.212. The molecule has 1 atom stereocenters. The van der Waals surface area contributed by atoms with Gasteiger partial charge in [-0.2, -0.15) is 5.26 Å². The van der Waals surface area contributed by atoms with Crippen molar-refractivity contribution in [1.29, 1.82) is 5.26 Å². The van der Waals surface area contributed by atoms with Crippen LogP contribution in [0, 0.1) is 11.3 Å². The van der Waals surface area contributed by atoms with E-state index in [0.717, 1.165) is 5.56 Å². The van der Waals surface area contributed by atoms with E-state index in [1.807, 2.05) is 30.3 Å². The molecule has 0 bridgehead atoms. The molecule has 1 rings (SSSR count). The highest BCUT2D eigenvalue weighted by Gasteiger charge is 2.13. The fourth-order valence-electron chi connectivity index (χ4n) is 1.25. The number of hydrogen-bond donors (Lipinski definition) is 0. The molecular weight excluding hydrogens is 176 g/mol. The molecule has 0 aliphatic rings. The first-order valence-electron chi connectivity index (χ1n) is 4.31. The van der Waals surface area contributed by atoms with Crippen LogP contribution >= 0.6 is 0 Å². The van der Waals surface area contributed by atoms with E-state index in [9.17, 15) is 0 Å². The Morgan fingerprint density at radius 2 is 2.07 bits per heavy atom. The van der Waals surface area contributed by atoms with Gasteiger partial charge in [-0.3, -0.25) is 0 Å². The highest BCUT2D eigenvalue weighted by molar-refractivity contribution is 5.90. The maximum absolute atomic E-state index is 8.99. The molecule has 72 valence electrons. The first-order valence-corrected chi connectivity index (χ1v) is 4.31. The van der Waals surface area contributed by atoms with Crippen molar-refractivity contribution in [3.63, 3.8) is 0 Å². The normalized spacial score (nSPS) is 13.1. The molecule has 0 saturated carbocycles. The van der Waals surface area contributed by atoms with Gasteiger partial charge in [-0.15, -0.1) is 0 Å². The first kappa shape index (κ1) is 10.3. The lowest BCUT2D eigenvalue weighted by Gasteiger charge is -2.07. The summed E-state index contributed by atoms with van der Waals surface area (Å²) >= 11 is 0. The van der Waals surface area contributed by atoms with Crippen LogP contribution in [0.1, 0.15) is 18.4 Å². The van der Waals surface area contributed by atoms with Crippen molar-refractivity contribution in [2.45, 2.75) is 12.8 Å². The van der Waals surface area contributed by atoms with Crippen LogP contribution in [-0.4, -0.2) is 12.8 Å². The van der Waals surface area contributed by atoms with Crippen molar-refractivity contribution in [2.75, 3.05) is 7.11 Å². The van der Waals surface area contributed by atoms with Crippen molar-refractivity contribution < 1.29 is 4.84 Å². The van der Waals surface area contributed by atoms with Crippen molar-refractivity contribution in [3.05, 3.63) is 35.9 Å². The molecule has 0 fully saturated rings. The molecule has 1 aromatic carbocycles. The molecule has 0 radical (unpaired) electrons. The average Bonchev–Trinajstić information content (AvgIpc) is 2.21. The molecule has 0 saturated heterocycles. The molecule has 0 aromatic heterocycles. The van der Waals surface area contributed by atoms with Gasteiger partial charge in [0.2, 0.25) is 0 Å². The maximum atomic E-state index is 8.99. The highest BCUT2D eigenvalue weighted by Crippen LogP contribution is 2.16. The van der Waals surface area contributed by atoms with Crippen molar-refractivity contribution in [2.24, 2.45) is 5.16 Å². The molecule has 3 nitrogen and oxygen atoms in total. The van der Waals surface area contributed by atoms with Crippen LogP contribution in [0.5, 0.6) is 0 Å². The van der Waals surface area contributed by atoms with E-state index in [-0.39, 0.29) is 5.92 Å². The molecule has 0 amide bonds. The fourth-order valence-corrected chi connectivity index (χ4v) is 1.25. The summed E-state index contributed by atoms with van der Waals surface area (Å²) in [6.45, 7) is 1.78. The molecule has 14 heavy (non-hydrogen) atoms. The monoisotopic (exact) mass is 188 g/mol. The van der Waals surface area contributed by atoms with Crippen molar-refractivity contribution in [3.8, 4) is 6.07 Å². The second-order valence-corrected chi connectivity index (χ2v) is 2.89. The number of hydrogen-bond acceptors (Lipinski definition) is 3. The van der Waals surface area contributed by atoms with Gasteiger partial charge >= 0.3 is 0 Å². The molecule has 0 spiro atoms. The molecule has 3 heteroatoms. The largest absolute Gasteiger partial charge is 0.399 e. The third-order valence-electron chi connectivity index (χ3n) is 1.92. The lowest BCUT2D eigenvalue weighted by atomic mass is 9.97. The Bertz CT molecular complexity index is 351. The van der Waals surface area contributed by atoms with E-state index >= 15 is 0 Å². The Morgan fingerprint density at radius 3 is 2.57 bits per heavy atom.